The molecular weight excluding hydrogens is 327 g/mol. The second-order valence-corrected chi connectivity index (χ2v) is 5.76. The van der Waals surface area contributed by atoms with Gasteiger partial charge in [0.25, 0.3) is 5.91 Å². The van der Waals surface area contributed by atoms with Gasteiger partial charge >= 0.3 is 0 Å². The molecule has 1 fully saturated rings. The first-order valence-corrected chi connectivity index (χ1v) is 8.00. The number of methoxy groups -OCH3 is 1. The van der Waals surface area contributed by atoms with Gasteiger partial charge in [-0.3, -0.25) is 4.79 Å². The Labute approximate surface area is 144 Å². The number of nitrogens with one attached hydrogen (secondary N) is 1. The number of hydrogen-bond donors (Lipinski definition) is 2. The minimum atomic E-state index is -0.542. The van der Waals surface area contributed by atoms with Gasteiger partial charge in [-0.25, -0.2) is 9.37 Å². The van der Waals surface area contributed by atoms with Crippen molar-refractivity contribution in [3.8, 4) is 11.5 Å². The molecule has 1 saturated heterocycles. The van der Waals surface area contributed by atoms with Gasteiger partial charge in [0.2, 0.25) is 0 Å². The molecule has 1 aliphatic heterocycles. The van der Waals surface area contributed by atoms with Crippen LogP contribution in [0.3, 0.4) is 0 Å². The number of pyridine rings is 1. The van der Waals surface area contributed by atoms with E-state index in [0.717, 1.165) is 18.4 Å². The van der Waals surface area contributed by atoms with Crippen LogP contribution in [-0.4, -0.2) is 29.7 Å². The largest absolute Gasteiger partial charge is 0.503 e. The Hall–Kier alpha value is -2.67. The Kier molecular flexibility index (Phi) is 5.14. The molecule has 0 bridgehead atoms. The second-order valence-electron chi connectivity index (χ2n) is 5.76. The minimum Gasteiger partial charge on any atom is -0.503 e. The fourth-order valence-electron chi connectivity index (χ4n) is 2.69. The van der Waals surface area contributed by atoms with E-state index >= 15 is 0 Å². The predicted molar refractivity (Wildman–Crippen MR) is 88.0 cm³/mol. The number of aromatic nitrogens is 1. The van der Waals surface area contributed by atoms with Crippen LogP contribution in [0.15, 0.2) is 30.3 Å². The van der Waals surface area contributed by atoms with Crippen molar-refractivity contribution in [2.75, 3.05) is 13.7 Å². The third-order valence-corrected chi connectivity index (χ3v) is 4.04. The standard InChI is InChI=1S/C18H19FN2O4/c1-24-15-9-13(14-3-2-8-25-14)21-16(17(15)22)18(23)20-10-11-4-6-12(19)7-5-11/h4-7,9,14,22H,2-3,8,10H2,1H3,(H,20,23). The fourth-order valence-corrected chi connectivity index (χ4v) is 2.69. The van der Waals surface area contributed by atoms with Gasteiger partial charge in [0.15, 0.2) is 17.2 Å². The predicted octanol–water partition coefficient (Wildman–Crippen LogP) is 2.72. The molecule has 1 unspecified atom stereocenters. The van der Waals surface area contributed by atoms with E-state index in [1.807, 2.05) is 0 Å². The highest BCUT2D eigenvalue weighted by Gasteiger charge is 2.25. The summed E-state index contributed by atoms with van der Waals surface area (Å²) in [5, 5.41) is 12.9. The van der Waals surface area contributed by atoms with Crippen LogP contribution in [0.4, 0.5) is 4.39 Å². The number of carbonyl (C=O) groups excluding carboxylic acids is 1. The summed E-state index contributed by atoms with van der Waals surface area (Å²) in [4.78, 5) is 16.7. The molecule has 3 rings (SSSR count). The summed E-state index contributed by atoms with van der Waals surface area (Å²) in [6.07, 6.45) is 1.51. The average molecular weight is 346 g/mol. The molecular formula is C18H19FN2O4. The zero-order valence-electron chi connectivity index (χ0n) is 13.8. The zero-order chi connectivity index (χ0) is 17.8. The second kappa shape index (κ2) is 7.48. The molecule has 1 amide bonds. The molecule has 132 valence electrons. The molecule has 2 heterocycles. The lowest BCUT2D eigenvalue weighted by molar-refractivity contribution is 0.0935. The molecule has 6 nitrogen and oxygen atoms in total. The van der Waals surface area contributed by atoms with Gasteiger partial charge in [-0.05, 0) is 30.5 Å². The molecule has 1 aromatic heterocycles. The summed E-state index contributed by atoms with van der Waals surface area (Å²) in [6.45, 7) is 0.828. The van der Waals surface area contributed by atoms with E-state index in [-0.39, 0.29) is 35.7 Å². The number of benzene rings is 1. The summed E-state index contributed by atoms with van der Waals surface area (Å²) >= 11 is 0. The summed E-state index contributed by atoms with van der Waals surface area (Å²) < 4.78 is 23.7. The van der Waals surface area contributed by atoms with Gasteiger partial charge in [0.05, 0.1) is 18.9 Å². The summed E-state index contributed by atoms with van der Waals surface area (Å²) in [5.74, 6) is -1.03. The number of amides is 1. The van der Waals surface area contributed by atoms with Crippen molar-refractivity contribution in [3.05, 3.63) is 53.1 Å². The summed E-state index contributed by atoms with van der Waals surface area (Å²) in [7, 11) is 1.41. The first-order chi connectivity index (χ1) is 12.1. The third-order valence-electron chi connectivity index (χ3n) is 4.04. The molecule has 2 N–H and O–H groups in total. The van der Waals surface area contributed by atoms with Gasteiger partial charge in [-0.1, -0.05) is 12.1 Å². The molecule has 1 aromatic carbocycles. The van der Waals surface area contributed by atoms with Crippen molar-refractivity contribution in [1.29, 1.82) is 0 Å². The van der Waals surface area contributed by atoms with Crippen molar-refractivity contribution >= 4 is 5.91 Å². The molecule has 0 radical (unpaired) electrons. The van der Waals surface area contributed by atoms with E-state index in [1.165, 1.54) is 19.2 Å². The van der Waals surface area contributed by atoms with Crippen LogP contribution in [0.5, 0.6) is 11.5 Å². The smallest absolute Gasteiger partial charge is 0.274 e. The van der Waals surface area contributed by atoms with Crippen LogP contribution in [0.25, 0.3) is 0 Å². The molecule has 0 aliphatic carbocycles. The van der Waals surface area contributed by atoms with Gasteiger partial charge in [-0.2, -0.15) is 0 Å². The summed E-state index contributed by atoms with van der Waals surface area (Å²) in [6, 6.07) is 7.37. The Morgan fingerprint density at radius 1 is 1.44 bits per heavy atom. The van der Waals surface area contributed by atoms with E-state index in [1.54, 1.807) is 18.2 Å². The Morgan fingerprint density at radius 3 is 2.84 bits per heavy atom. The van der Waals surface area contributed by atoms with E-state index in [2.05, 4.69) is 10.3 Å². The Morgan fingerprint density at radius 2 is 2.20 bits per heavy atom. The summed E-state index contributed by atoms with van der Waals surface area (Å²) in [5.41, 5.74) is 1.17. The van der Waals surface area contributed by atoms with Crippen LogP contribution in [-0.2, 0) is 11.3 Å². The number of carbonyl (C=O) groups is 1. The molecule has 0 spiro atoms. The Balaban J connectivity index is 1.80. The van der Waals surface area contributed by atoms with E-state index in [4.69, 9.17) is 9.47 Å². The van der Waals surface area contributed by atoms with Crippen molar-refractivity contribution in [2.24, 2.45) is 0 Å². The van der Waals surface area contributed by atoms with E-state index in [0.29, 0.717) is 12.3 Å². The number of nitrogens with zero attached hydrogens (tertiary/aromatic N) is 1. The molecule has 0 saturated carbocycles. The van der Waals surface area contributed by atoms with Gasteiger partial charge < -0.3 is 19.9 Å². The van der Waals surface area contributed by atoms with Crippen molar-refractivity contribution in [2.45, 2.75) is 25.5 Å². The van der Waals surface area contributed by atoms with Gasteiger partial charge in [0, 0.05) is 19.2 Å². The van der Waals surface area contributed by atoms with Crippen molar-refractivity contribution < 1.29 is 23.8 Å². The fraction of sp³-hybridized carbons (Fsp3) is 0.333. The monoisotopic (exact) mass is 346 g/mol. The number of hydrogen-bond acceptors (Lipinski definition) is 5. The topological polar surface area (TPSA) is 80.7 Å². The first-order valence-electron chi connectivity index (χ1n) is 8.00. The Bertz CT molecular complexity index is 758. The normalized spacial score (nSPS) is 16.6. The van der Waals surface area contributed by atoms with Crippen LogP contribution in [0, 0.1) is 5.82 Å². The van der Waals surface area contributed by atoms with Crippen LogP contribution < -0.4 is 10.1 Å². The van der Waals surface area contributed by atoms with Crippen LogP contribution in [0.2, 0.25) is 0 Å². The lowest BCUT2D eigenvalue weighted by Gasteiger charge is -2.14. The highest BCUT2D eigenvalue weighted by molar-refractivity contribution is 5.95. The molecule has 1 aliphatic rings. The highest BCUT2D eigenvalue weighted by Crippen LogP contribution is 2.35. The van der Waals surface area contributed by atoms with E-state index in [9.17, 15) is 14.3 Å². The first kappa shape index (κ1) is 17.2. The maximum Gasteiger partial charge on any atom is 0.274 e. The van der Waals surface area contributed by atoms with Gasteiger partial charge in [-0.15, -0.1) is 0 Å². The quantitative estimate of drug-likeness (QED) is 0.870. The maximum absolute atomic E-state index is 12.9. The lowest BCUT2D eigenvalue weighted by Crippen LogP contribution is -2.24. The number of ether oxygens (including phenoxy) is 2. The zero-order valence-corrected chi connectivity index (χ0v) is 13.8. The van der Waals surface area contributed by atoms with E-state index < -0.39 is 5.91 Å². The number of rotatable bonds is 5. The maximum atomic E-state index is 12.9. The number of aromatic hydroxyl groups is 1. The highest BCUT2D eigenvalue weighted by atomic mass is 19.1. The van der Waals surface area contributed by atoms with Crippen LogP contribution >= 0.6 is 0 Å². The lowest BCUT2D eigenvalue weighted by atomic mass is 10.1. The minimum absolute atomic E-state index is 0.119. The number of halogens is 1. The molecule has 7 heteroatoms. The van der Waals surface area contributed by atoms with Crippen molar-refractivity contribution in [1.82, 2.24) is 10.3 Å². The SMILES string of the molecule is COc1cc(C2CCCO2)nc(C(=O)NCc2ccc(F)cc2)c1O. The molecule has 25 heavy (non-hydrogen) atoms. The molecule has 1 atom stereocenters. The molecule has 2 aromatic rings. The van der Waals surface area contributed by atoms with Gasteiger partial charge in [0.1, 0.15) is 5.82 Å². The third kappa shape index (κ3) is 3.88. The average Bonchev–Trinajstić information content (AvgIpc) is 3.16. The van der Waals surface area contributed by atoms with Crippen molar-refractivity contribution in [3.63, 3.8) is 0 Å². The van der Waals surface area contributed by atoms with Crippen LogP contribution in [0.1, 0.15) is 40.7 Å².